The Morgan fingerprint density at radius 1 is 1.60 bits per heavy atom. The molecule has 0 amide bonds. The molecule has 1 atom stereocenters. The van der Waals surface area contributed by atoms with E-state index < -0.39 is 17.7 Å². The van der Waals surface area contributed by atoms with E-state index in [0.29, 0.717) is 0 Å². The molecule has 0 N–H and O–H groups in total. The number of pyridine rings is 1. The monoisotopic (exact) mass is 237 g/mol. The van der Waals surface area contributed by atoms with Crippen LogP contribution in [0.5, 0.6) is 5.75 Å². The highest BCUT2D eigenvalue weighted by atomic mass is 35.5. The number of rotatable bonds is 3. The van der Waals surface area contributed by atoms with Gasteiger partial charge in [0.25, 0.3) is 5.92 Å². The van der Waals surface area contributed by atoms with E-state index in [-0.39, 0.29) is 23.9 Å². The second-order valence-corrected chi connectivity index (χ2v) is 3.77. The van der Waals surface area contributed by atoms with Crippen molar-refractivity contribution in [3.05, 3.63) is 23.2 Å². The summed E-state index contributed by atoms with van der Waals surface area (Å²) in [5.74, 6) is -4.01. The standard InChI is InChI=1S/C9H7ClF3NO/c10-8-7(11)1-6(3-14-8)15-4-5-2-9(5,12)13/h1,3,5H,2,4H2/t5-/m1/s1. The zero-order valence-corrected chi connectivity index (χ0v) is 8.27. The molecule has 0 radical (unpaired) electrons. The predicted molar refractivity (Wildman–Crippen MR) is 47.8 cm³/mol. The molecule has 6 heteroatoms. The van der Waals surface area contributed by atoms with E-state index >= 15 is 0 Å². The molecule has 0 saturated heterocycles. The van der Waals surface area contributed by atoms with Crippen molar-refractivity contribution < 1.29 is 17.9 Å². The minimum atomic E-state index is -2.63. The SMILES string of the molecule is Fc1cc(OC[C@H]2CC2(F)F)cnc1Cl. The van der Waals surface area contributed by atoms with Crippen molar-refractivity contribution in [3.63, 3.8) is 0 Å². The minimum Gasteiger partial charge on any atom is -0.491 e. The number of hydrogen-bond donors (Lipinski definition) is 0. The van der Waals surface area contributed by atoms with Crippen molar-refractivity contribution in [1.82, 2.24) is 4.98 Å². The first kappa shape index (κ1) is 10.5. The summed E-state index contributed by atoms with van der Waals surface area (Å²) in [7, 11) is 0. The van der Waals surface area contributed by atoms with E-state index in [1.165, 1.54) is 6.20 Å². The summed E-state index contributed by atoms with van der Waals surface area (Å²) >= 11 is 5.34. The van der Waals surface area contributed by atoms with Gasteiger partial charge in [0.1, 0.15) is 5.75 Å². The third-order valence-electron chi connectivity index (χ3n) is 2.18. The van der Waals surface area contributed by atoms with Crippen molar-refractivity contribution in [2.24, 2.45) is 5.92 Å². The molecule has 1 aromatic heterocycles. The van der Waals surface area contributed by atoms with Crippen LogP contribution in [0, 0.1) is 11.7 Å². The van der Waals surface area contributed by atoms with Gasteiger partial charge in [-0.2, -0.15) is 0 Å². The molecule has 1 heterocycles. The van der Waals surface area contributed by atoms with E-state index in [9.17, 15) is 13.2 Å². The van der Waals surface area contributed by atoms with Crippen LogP contribution in [0.1, 0.15) is 6.42 Å². The molecule has 0 bridgehead atoms. The highest BCUT2D eigenvalue weighted by molar-refractivity contribution is 6.29. The predicted octanol–water partition coefficient (Wildman–Crippen LogP) is 2.91. The van der Waals surface area contributed by atoms with E-state index in [0.717, 1.165) is 6.07 Å². The van der Waals surface area contributed by atoms with Crippen LogP contribution < -0.4 is 4.74 Å². The Bertz CT molecular complexity index is 386. The van der Waals surface area contributed by atoms with Crippen LogP contribution in [-0.4, -0.2) is 17.5 Å². The summed E-state index contributed by atoms with van der Waals surface area (Å²) in [6.07, 6.45) is 1.03. The van der Waals surface area contributed by atoms with Crippen LogP contribution in [0.2, 0.25) is 5.15 Å². The van der Waals surface area contributed by atoms with Crippen molar-refractivity contribution in [3.8, 4) is 5.75 Å². The molecule has 1 aromatic rings. The Labute approximate surface area is 89.0 Å². The second kappa shape index (κ2) is 3.56. The fourth-order valence-electron chi connectivity index (χ4n) is 1.13. The number of nitrogens with zero attached hydrogens (tertiary/aromatic N) is 1. The van der Waals surface area contributed by atoms with E-state index in [1.807, 2.05) is 0 Å². The van der Waals surface area contributed by atoms with E-state index in [2.05, 4.69) is 4.98 Å². The van der Waals surface area contributed by atoms with Gasteiger partial charge in [0.2, 0.25) is 0 Å². The van der Waals surface area contributed by atoms with Gasteiger partial charge in [-0.3, -0.25) is 0 Å². The van der Waals surface area contributed by atoms with Gasteiger partial charge < -0.3 is 4.74 Å². The summed E-state index contributed by atoms with van der Waals surface area (Å²) in [6.45, 7) is -0.129. The Balaban J connectivity index is 1.92. The van der Waals surface area contributed by atoms with Crippen molar-refractivity contribution in [2.75, 3.05) is 6.61 Å². The molecule has 15 heavy (non-hydrogen) atoms. The Morgan fingerprint density at radius 2 is 2.27 bits per heavy atom. The molecule has 82 valence electrons. The van der Waals surface area contributed by atoms with Gasteiger partial charge in [-0.05, 0) is 0 Å². The van der Waals surface area contributed by atoms with Gasteiger partial charge in [-0.15, -0.1) is 0 Å². The van der Waals surface area contributed by atoms with Crippen LogP contribution in [0.3, 0.4) is 0 Å². The molecule has 0 aliphatic heterocycles. The van der Waals surface area contributed by atoms with Crippen molar-refractivity contribution >= 4 is 11.6 Å². The zero-order chi connectivity index (χ0) is 11.1. The van der Waals surface area contributed by atoms with Crippen LogP contribution in [0.15, 0.2) is 12.3 Å². The molecule has 0 aromatic carbocycles. The molecule has 0 spiro atoms. The van der Waals surface area contributed by atoms with Crippen molar-refractivity contribution in [2.45, 2.75) is 12.3 Å². The summed E-state index contributed by atoms with van der Waals surface area (Å²) in [5, 5.41) is -0.265. The average molecular weight is 238 g/mol. The molecular formula is C9H7ClF3NO. The number of ether oxygens (including phenoxy) is 1. The van der Waals surface area contributed by atoms with Gasteiger partial charge in [0.05, 0.1) is 18.7 Å². The fraction of sp³-hybridized carbons (Fsp3) is 0.444. The number of halogens is 4. The second-order valence-electron chi connectivity index (χ2n) is 3.42. The van der Waals surface area contributed by atoms with Gasteiger partial charge in [0.15, 0.2) is 11.0 Å². The smallest absolute Gasteiger partial charge is 0.255 e. The summed E-state index contributed by atoms with van der Waals surface area (Å²) in [6, 6.07) is 1.02. The van der Waals surface area contributed by atoms with Gasteiger partial charge in [-0.1, -0.05) is 11.6 Å². The average Bonchev–Trinajstić information content (AvgIpc) is 2.77. The topological polar surface area (TPSA) is 22.1 Å². The Kier molecular flexibility index (Phi) is 2.50. The highest BCUT2D eigenvalue weighted by Gasteiger charge is 2.57. The molecular weight excluding hydrogens is 231 g/mol. The molecule has 2 nitrogen and oxygen atoms in total. The minimum absolute atomic E-state index is 0.111. The lowest BCUT2D eigenvalue weighted by molar-refractivity contribution is 0.0855. The number of alkyl halides is 2. The van der Waals surface area contributed by atoms with E-state index in [1.54, 1.807) is 0 Å². The fourth-order valence-corrected chi connectivity index (χ4v) is 1.23. The molecule has 1 fully saturated rings. The van der Waals surface area contributed by atoms with Gasteiger partial charge in [-0.25, -0.2) is 18.2 Å². The lowest BCUT2D eigenvalue weighted by atomic mass is 10.4. The maximum atomic E-state index is 12.8. The summed E-state index contributed by atoms with van der Waals surface area (Å²) in [5.41, 5.74) is 0. The first-order chi connectivity index (χ1) is 6.99. The summed E-state index contributed by atoms with van der Waals surface area (Å²) < 4.78 is 42.7. The third-order valence-corrected chi connectivity index (χ3v) is 2.46. The highest BCUT2D eigenvalue weighted by Crippen LogP contribution is 2.48. The lowest BCUT2D eigenvalue weighted by Crippen LogP contribution is -2.06. The van der Waals surface area contributed by atoms with E-state index in [4.69, 9.17) is 16.3 Å². The third kappa shape index (κ3) is 2.34. The summed E-state index contributed by atoms with van der Waals surface area (Å²) in [4.78, 5) is 3.49. The normalized spacial score (nSPS) is 22.5. The van der Waals surface area contributed by atoms with Crippen LogP contribution in [0.4, 0.5) is 13.2 Å². The van der Waals surface area contributed by atoms with Crippen LogP contribution in [-0.2, 0) is 0 Å². The van der Waals surface area contributed by atoms with Gasteiger partial charge >= 0.3 is 0 Å². The largest absolute Gasteiger partial charge is 0.491 e. The quantitative estimate of drug-likeness (QED) is 0.754. The maximum absolute atomic E-state index is 12.8. The Morgan fingerprint density at radius 3 is 2.80 bits per heavy atom. The number of aromatic nitrogens is 1. The van der Waals surface area contributed by atoms with Crippen LogP contribution in [0.25, 0.3) is 0 Å². The molecule has 1 saturated carbocycles. The van der Waals surface area contributed by atoms with Crippen LogP contribution >= 0.6 is 11.6 Å². The molecule has 2 rings (SSSR count). The molecule has 1 aliphatic carbocycles. The first-order valence-corrected chi connectivity index (χ1v) is 4.68. The maximum Gasteiger partial charge on any atom is 0.255 e. The van der Waals surface area contributed by atoms with Crippen molar-refractivity contribution in [1.29, 1.82) is 0 Å². The zero-order valence-electron chi connectivity index (χ0n) is 7.51. The number of hydrogen-bond acceptors (Lipinski definition) is 2. The first-order valence-electron chi connectivity index (χ1n) is 4.31. The molecule has 0 unspecified atom stereocenters. The van der Waals surface area contributed by atoms with Gasteiger partial charge in [0, 0.05) is 12.5 Å². The Hall–Kier alpha value is -0.970. The lowest BCUT2D eigenvalue weighted by Gasteiger charge is -2.05. The molecule has 1 aliphatic rings.